The van der Waals surface area contributed by atoms with Crippen molar-refractivity contribution in [2.75, 3.05) is 12.4 Å². The number of benzene rings is 1. The molecular weight excluding hydrogens is 394 g/mol. The Morgan fingerprint density at radius 2 is 2.04 bits per heavy atom. The lowest BCUT2D eigenvalue weighted by Gasteiger charge is -2.13. The SMILES string of the molecule is COCc1c(Br)cccc1NC(=O)c1cc(C)n(-c2ccccn2)c1C. The number of aryl methyl sites for hydroxylation is 1. The number of ether oxygens (including phenoxy) is 1. The van der Waals surface area contributed by atoms with Crippen LogP contribution in [0.3, 0.4) is 0 Å². The third-order valence-corrected chi connectivity index (χ3v) is 4.95. The number of rotatable bonds is 5. The zero-order valence-corrected chi connectivity index (χ0v) is 16.5. The van der Waals surface area contributed by atoms with Crippen LogP contribution >= 0.6 is 15.9 Å². The molecule has 6 heteroatoms. The fourth-order valence-electron chi connectivity index (χ4n) is 2.99. The third kappa shape index (κ3) is 3.57. The van der Waals surface area contributed by atoms with Crippen molar-refractivity contribution in [3.63, 3.8) is 0 Å². The second-order valence-corrected chi connectivity index (χ2v) is 6.82. The number of halogens is 1. The van der Waals surface area contributed by atoms with Crippen LogP contribution in [-0.4, -0.2) is 22.6 Å². The van der Waals surface area contributed by atoms with Gasteiger partial charge in [-0.3, -0.25) is 4.79 Å². The molecule has 0 aliphatic carbocycles. The van der Waals surface area contributed by atoms with E-state index in [1.54, 1.807) is 13.3 Å². The van der Waals surface area contributed by atoms with E-state index in [-0.39, 0.29) is 5.91 Å². The lowest BCUT2D eigenvalue weighted by atomic mass is 10.1. The van der Waals surface area contributed by atoms with Gasteiger partial charge in [0.05, 0.1) is 12.2 Å². The van der Waals surface area contributed by atoms with Gasteiger partial charge in [0, 0.05) is 40.4 Å². The quantitative estimate of drug-likeness (QED) is 0.661. The van der Waals surface area contributed by atoms with Crippen molar-refractivity contribution in [1.29, 1.82) is 0 Å². The molecule has 134 valence electrons. The van der Waals surface area contributed by atoms with Gasteiger partial charge in [0.1, 0.15) is 5.82 Å². The van der Waals surface area contributed by atoms with Gasteiger partial charge < -0.3 is 14.6 Å². The van der Waals surface area contributed by atoms with Crippen molar-refractivity contribution in [2.45, 2.75) is 20.5 Å². The second kappa shape index (κ2) is 7.85. The van der Waals surface area contributed by atoms with Gasteiger partial charge in [-0.2, -0.15) is 0 Å². The Balaban J connectivity index is 1.94. The van der Waals surface area contributed by atoms with Gasteiger partial charge in [0.25, 0.3) is 5.91 Å². The summed E-state index contributed by atoms with van der Waals surface area (Å²) in [5.41, 5.74) is 4.06. The first-order chi connectivity index (χ1) is 12.5. The highest BCUT2D eigenvalue weighted by Crippen LogP contribution is 2.27. The number of hydrogen-bond donors (Lipinski definition) is 1. The molecule has 26 heavy (non-hydrogen) atoms. The predicted molar refractivity (Wildman–Crippen MR) is 106 cm³/mol. The topological polar surface area (TPSA) is 56.1 Å². The lowest BCUT2D eigenvalue weighted by molar-refractivity contribution is 0.102. The number of nitrogens with zero attached hydrogens (tertiary/aromatic N) is 2. The summed E-state index contributed by atoms with van der Waals surface area (Å²) < 4.78 is 8.13. The molecule has 0 radical (unpaired) electrons. The molecule has 0 spiro atoms. The van der Waals surface area contributed by atoms with Gasteiger partial charge in [-0.05, 0) is 44.2 Å². The minimum absolute atomic E-state index is 0.157. The van der Waals surface area contributed by atoms with Gasteiger partial charge in [0.15, 0.2) is 0 Å². The molecule has 5 nitrogen and oxygen atoms in total. The zero-order chi connectivity index (χ0) is 18.7. The number of carbonyl (C=O) groups excluding carboxylic acids is 1. The highest BCUT2D eigenvalue weighted by Gasteiger charge is 2.18. The zero-order valence-electron chi connectivity index (χ0n) is 14.9. The molecule has 1 amide bonds. The summed E-state index contributed by atoms with van der Waals surface area (Å²) in [6.07, 6.45) is 1.74. The Morgan fingerprint density at radius 3 is 2.73 bits per heavy atom. The molecule has 3 aromatic rings. The Labute approximate surface area is 161 Å². The van der Waals surface area contributed by atoms with Gasteiger partial charge in [0.2, 0.25) is 0 Å². The smallest absolute Gasteiger partial charge is 0.257 e. The molecule has 0 unspecified atom stereocenters. The van der Waals surface area contributed by atoms with E-state index in [2.05, 4.69) is 26.2 Å². The first-order valence-electron chi connectivity index (χ1n) is 8.21. The fourth-order valence-corrected chi connectivity index (χ4v) is 3.47. The van der Waals surface area contributed by atoms with Crippen LogP contribution in [0.5, 0.6) is 0 Å². The van der Waals surface area contributed by atoms with Gasteiger partial charge >= 0.3 is 0 Å². The molecule has 0 bridgehead atoms. The van der Waals surface area contributed by atoms with E-state index in [1.807, 2.05) is 60.9 Å². The van der Waals surface area contributed by atoms with Crippen LogP contribution in [0, 0.1) is 13.8 Å². The van der Waals surface area contributed by atoms with Crippen molar-refractivity contribution in [3.8, 4) is 5.82 Å². The molecule has 0 aliphatic heterocycles. The van der Waals surface area contributed by atoms with Crippen LogP contribution in [0.15, 0.2) is 53.1 Å². The highest BCUT2D eigenvalue weighted by molar-refractivity contribution is 9.10. The van der Waals surface area contributed by atoms with E-state index in [9.17, 15) is 4.79 Å². The van der Waals surface area contributed by atoms with Gasteiger partial charge in [-0.25, -0.2) is 4.98 Å². The molecule has 0 aliphatic rings. The number of pyridine rings is 1. The van der Waals surface area contributed by atoms with Crippen LogP contribution in [0.2, 0.25) is 0 Å². The van der Waals surface area contributed by atoms with Gasteiger partial charge in [-0.1, -0.05) is 28.1 Å². The maximum absolute atomic E-state index is 12.9. The van der Waals surface area contributed by atoms with E-state index < -0.39 is 0 Å². The van der Waals surface area contributed by atoms with E-state index in [1.165, 1.54) is 0 Å². The molecule has 0 saturated heterocycles. The Bertz CT molecular complexity index is 936. The third-order valence-electron chi connectivity index (χ3n) is 4.21. The Hall–Kier alpha value is -2.44. The standard InChI is InChI=1S/C20H20BrN3O2/c1-13-11-15(14(2)24(13)19-9-4-5-10-22-19)20(25)23-18-8-6-7-17(21)16(18)12-26-3/h4-11H,12H2,1-3H3,(H,23,25). The fraction of sp³-hybridized carbons (Fsp3) is 0.200. The molecular formula is C20H20BrN3O2. The summed E-state index contributed by atoms with van der Waals surface area (Å²) in [4.78, 5) is 17.3. The maximum atomic E-state index is 12.9. The van der Waals surface area contributed by atoms with Crippen LogP contribution in [0.25, 0.3) is 5.82 Å². The van der Waals surface area contributed by atoms with Crippen LogP contribution in [0.1, 0.15) is 27.3 Å². The number of amides is 1. The summed E-state index contributed by atoms with van der Waals surface area (Å²) in [7, 11) is 1.63. The normalized spacial score (nSPS) is 10.8. The van der Waals surface area contributed by atoms with Crippen LogP contribution < -0.4 is 5.32 Å². The number of nitrogens with one attached hydrogen (secondary N) is 1. The number of carbonyl (C=O) groups is 1. The summed E-state index contributed by atoms with van der Waals surface area (Å²) in [5, 5.41) is 3.00. The summed E-state index contributed by atoms with van der Waals surface area (Å²) in [6, 6.07) is 13.3. The number of aromatic nitrogens is 2. The van der Waals surface area contributed by atoms with Crippen molar-refractivity contribution < 1.29 is 9.53 Å². The largest absolute Gasteiger partial charge is 0.380 e. The Morgan fingerprint density at radius 1 is 1.23 bits per heavy atom. The first-order valence-corrected chi connectivity index (χ1v) is 9.00. The van der Waals surface area contributed by atoms with Crippen molar-refractivity contribution in [2.24, 2.45) is 0 Å². The van der Waals surface area contributed by atoms with Gasteiger partial charge in [-0.15, -0.1) is 0 Å². The van der Waals surface area contributed by atoms with E-state index in [0.29, 0.717) is 12.2 Å². The Kier molecular flexibility index (Phi) is 5.54. The maximum Gasteiger partial charge on any atom is 0.257 e. The van der Waals surface area contributed by atoms with Crippen molar-refractivity contribution in [1.82, 2.24) is 9.55 Å². The number of methoxy groups -OCH3 is 1. The first kappa shape index (κ1) is 18.4. The molecule has 1 N–H and O–H groups in total. The average molecular weight is 414 g/mol. The summed E-state index contributed by atoms with van der Waals surface area (Å²) in [5.74, 6) is 0.639. The van der Waals surface area contributed by atoms with Crippen molar-refractivity contribution in [3.05, 3.63) is 75.6 Å². The van der Waals surface area contributed by atoms with E-state index in [4.69, 9.17) is 4.74 Å². The molecule has 3 rings (SSSR count). The highest BCUT2D eigenvalue weighted by atomic mass is 79.9. The molecule has 1 aromatic carbocycles. The van der Waals surface area contributed by atoms with E-state index in [0.717, 1.165) is 32.9 Å². The molecule has 0 saturated carbocycles. The van der Waals surface area contributed by atoms with Crippen molar-refractivity contribution >= 4 is 27.5 Å². The lowest BCUT2D eigenvalue weighted by Crippen LogP contribution is -2.15. The average Bonchev–Trinajstić information content (AvgIpc) is 2.93. The summed E-state index contributed by atoms with van der Waals surface area (Å²) in [6.45, 7) is 4.30. The minimum Gasteiger partial charge on any atom is -0.380 e. The van der Waals surface area contributed by atoms with Crippen LogP contribution in [0.4, 0.5) is 5.69 Å². The minimum atomic E-state index is -0.157. The molecule has 2 heterocycles. The van der Waals surface area contributed by atoms with Crippen LogP contribution in [-0.2, 0) is 11.3 Å². The van der Waals surface area contributed by atoms with E-state index >= 15 is 0 Å². The molecule has 0 fully saturated rings. The molecule has 0 atom stereocenters. The number of hydrogen-bond acceptors (Lipinski definition) is 3. The number of anilines is 1. The molecule has 2 aromatic heterocycles. The monoisotopic (exact) mass is 413 g/mol. The summed E-state index contributed by atoms with van der Waals surface area (Å²) >= 11 is 3.51. The predicted octanol–water partition coefficient (Wildman–Crippen LogP) is 4.65. The second-order valence-electron chi connectivity index (χ2n) is 5.96.